The Morgan fingerprint density at radius 2 is 2.05 bits per heavy atom. The zero-order valence-corrected chi connectivity index (χ0v) is 12.1. The fourth-order valence-electron chi connectivity index (χ4n) is 2.99. The molecule has 1 aromatic rings. The summed E-state index contributed by atoms with van der Waals surface area (Å²) < 4.78 is 14.1. The highest BCUT2D eigenvalue weighted by atomic mass is 19.1. The molecule has 3 heteroatoms. The number of nitrogens with zero attached hydrogens (tertiary/aromatic N) is 1. The summed E-state index contributed by atoms with van der Waals surface area (Å²) in [5, 5.41) is 3.05. The van der Waals surface area contributed by atoms with Crippen molar-refractivity contribution in [1.82, 2.24) is 5.32 Å². The van der Waals surface area contributed by atoms with E-state index in [9.17, 15) is 4.39 Å². The molecule has 0 unspecified atom stereocenters. The van der Waals surface area contributed by atoms with Gasteiger partial charge in [-0.25, -0.2) is 4.39 Å². The van der Waals surface area contributed by atoms with E-state index in [1.807, 2.05) is 19.2 Å². The highest BCUT2D eigenvalue weighted by molar-refractivity contribution is 5.49. The van der Waals surface area contributed by atoms with Crippen molar-refractivity contribution < 1.29 is 4.39 Å². The van der Waals surface area contributed by atoms with Gasteiger partial charge in [0.15, 0.2) is 0 Å². The van der Waals surface area contributed by atoms with E-state index < -0.39 is 0 Å². The minimum Gasteiger partial charge on any atom is -0.369 e. The molecule has 1 aliphatic rings. The van der Waals surface area contributed by atoms with E-state index in [-0.39, 0.29) is 5.82 Å². The topological polar surface area (TPSA) is 15.3 Å². The molecule has 2 nitrogen and oxygen atoms in total. The van der Waals surface area contributed by atoms with Gasteiger partial charge < -0.3 is 10.2 Å². The molecule has 0 atom stereocenters. The molecule has 1 aromatic carbocycles. The first kappa shape index (κ1) is 14.3. The lowest BCUT2D eigenvalue weighted by Crippen LogP contribution is -2.34. The second kappa shape index (κ2) is 6.90. The fourth-order valence-corrected chi connectivity index (χ4v) is 2.99. The number of hydrogen-bond acceptors (Lipinski definition) is 2. The van der Waals surface area contributed by atoms with Crippen molar-refractivity contribution >= 4 is 5.69 Å². The lowest BCUT2D eigenvalue weighted by atomic mass is 9.92. The number of rotatable bonds is 5. The van der Waals surface area contributed by atoms with Crippen LogP contribution in [0.2, 0.25) is 0 Å². The largest absolute Gasteiger partial charge is 0.369 e. The maximum Gasteiger partial charge on any atom is 0.146 e. The van der Waals surface area contributed by atoms with E-state index in [4.69, 9.17) is 0 Å². The monoisotopic (exact) mass is 264 g/mol. The average Bonchev–Trinajstić information content (AvgIpc) is 2.41. The molecular weight excluding hydrogens is 239 g/mol. The molecule has 1 N–H and O–H groups in total. The summed E-state index contributed by atoms with van der Waals surface area (Å²) in [7, 11) is 1.88. The van der Waals surface area contributed by atoms with Crippen LogP contribution < -0.4 is 10.2 Å². The smallest absolute Gasteiger partial charge is 0.146 e. The van der Waals surface area contributed by atoms with Crippen LogP contribution in [0.15, 0.2) is 18.2 Å². The van der Waals surface area contributed by atoms with Crippen LogP contribution in [0.25, 0.3) is 0 Å². The van der Waals surface area contributed by atoms with Gasteiger partial charge in [0.1, 0.15) is 5.82 Å². The van der Waals surface area contributed by atoms with E-state index >= 15 is 0 Å². The Morgan fingerprint density at radius 1 is 1.32 bits per heavy atom. The van der Waals surface area contributed by atoms with Gasteiger partial charge in [-0.15, -0.1) is 0 Å². The zero-order valence-electron chi connectivity index (χ0n) is 12.1. The Bertz CT molecular complexity index is 398. The van der Waals surface area contributed by atoms with Crippen LogP contribution in [0.5, 0.6) is 0 Å². The van der Waals surface area contributed by atoms with Gasteiger partial charge in [0.25, 0.3) is 0 Å². The molecule has 0 aliphatic carbocycles. The van der Waals surface area contributed by atoms with Crippen LogP contribution >= 0.6 is 0 Å². The van der Waals surface area contributed by atoms with Crippen molar-refractivity contribution in [3.05, 3.63) is 29.6 Å². The van der Waals surface area contributed by atoms with Gasteiger partial charge in [-0.05, 0) is 43.5 Å². The number of benzene rings is 1. The Balaban J connectivity index is 1.99. The molecule has 1 fully saturated rings. The summed E-state index contributed by atoms with van der Waals surface area (Å²) in [4.78, 5) is 2.20. The van der Waals surface area contributed by atoms with Gasteiger partial charge in [0.05, 0.1) is 5.69 Å². The number of hydrogen-bond donors (Lipinski definition) is 1. The van der Waals surface area contributed by atoms with Gasteiger partial charge in [0, 0.05) is 19.6 Å². The Kier molecular flexibility index (Phi) is 5.20. The van der Waals surface area contributed by atoms with Crippen LogP contribution in [0, 0.1) is 11.7 Å². The standard InChI is InChI=1S/C16H25FN2/c1-3-4-13-7-9-19(10-8-13)16-6-5-14(12-18-2)11-15(16)17/h5-6,11,13,18H,3-4,7-10,12H2,1-2H3. The molecule has 0 bridgehead atoms. The fraction of sp³-hybridized carbons (Fsp3) is 0.625. The van der Waals surface area contributed by atoms with Gasteiger partial charge in [-0.1, -0.05) is 25.8 Å². The highest BCUT2D eigenvalue weighted by Gasteiger charge is 2.20. The molecule has 0 aromatic heterocycles. The summed E-state index contributed by atoms with van der Waals surface area (Å²) in [6.07, 6.45) is 4.98. The highest BCUT2D eigenvalue weighted by Crippen LogP contribution is 2.28. The number of halogens is 1. The van der Waals surface area contributed by atoms with E-state index in [2.05, 4.69) is 17.1 Å². The molecule has 1 heterocycles. The van der Waals surface area contributed by atoms with Gasteiger partial charge in [-0.2, -0.15) is 0 Å². The maximum atomic E-state index is 14.1. The lowest BCUT2D eigenvalue weighted by Gasteiger charge is -2.33. The van der Waals surface area contributed by atoms with Crippen molar-refractivity contribution in [1.29, 1.82) is 0 Å². The van der Waals surface area contributed by atoms with Crippen molar-refractivity contribution in [2.45, 2.75) is 39.2 Å². The van der Waals surface area contributed by atoms with Gasteiger partial charge >= 0.3 is 0 Å². The second-order valence-electron chi connectivity index (χ2n) is 5.54. The summed E-state index contributed by atoms with van der Waals surface area (Å²) >= 11 is 0. The SMILES string of the molecule is CCCC1CCN(c2ccc(CNC)cc2F)CC1. The third-order valence-electron chi connectivity index (χ3n) is 4.05. The minimum atomic E-state index is -0.0818. The molecule has 106 valence electrons. The quantitative estimate of drug-likeness (QED) is 0.874. The predicted octanol–water partition coefficient (Wildman–Crippen LogP) is 3.56. The third-order valence-corrected chi connectivity index (χ3v) is 4.05. The van der Waals surface area contributed by atoms with E-state index in [1.165, 1.54) is 25.7 Å². The molecule has 0 saturated carbocycles. The van der Waals surface area contributed by atoms with Gasteiger partial charge in [0.2, 0.25) is 0 Å². The van der Waals surface area contributed by atoms with Crippen LogP contribution in [-0.2, 0) is 6.54 Å². The molecule has 0 amide bonds. The number of piperidine rings is 1. The Labute approximate surface area is 116 Å². The second-order valence-corrected chi connectivity index (χ2v) is 5.54. The van der Waals surface area contributed by atoms with E-state index in [0.29, 0.717) is 0 Å². The van der Waals surface area contributed by atoms with Crippen molar-refractivity contribution in [3.8, 4) is 0 Å². The number of nitrogens with one attached hydrogen (secondary N) is 1. The zero-order chi connectivity index (χ0) is 13.7. The molecule has 1 aliphatic heterocycles. The lowest BCUT2D eigenvalue weighted by molar-refractivity contribution is 0.376. The van der Waals surface area contributed by atoms with Crippen LogP contribution in [0.1, 0.15) is 38.2 Å². The molecule has 2 rings (SSSR count). The van der Waals surface area contributed by atoms with Crippen molar-refractivity contribution in [2.75, 3.05) is 25.0 Å². The predicted molar refractivity (Wildman–Crippen MR) is 79.0 cm³/mol. The van der Waals surface area contributed by atoms with Crippen molar-refractivity contribution in [2.24, 2.45) is 5.92 Å². The first-order valence-corrected chi connectivity index (χ1v) is 7.42. The third kappa shape index (κ3) is 3.69. The molecule has 19 heavy (non-hydrogen) atoms. The first-order chi connectivity index (χ1) is 9.24. The van der Waals surface area contributed by atoms with Crippen molar-refractivity contribution in [3.63, 3.8) is 0 Å². The molecule has 0 spiro atoms. The number of anilines is 1. The summed E-state index contributed by atoms with van der Waals surface area (Å²) in [5.74, 6) is 0.759. The van der Waals surface area contributed by atoms with E-state index in [1.54, 1.807) is 6.07 Å². The van der Waals surface area contributed by atoms with E-state index in [0.717, 1.165) is 36.8 Å². The van der Waals surface area contributed by atoms with Crippen LogP contribution in [0.3, 0.4) is 0 Å². The Hall–Kier alpha value is -1.09. The van der Waals surface area contributed by atoms with Crippen LogP contribution in [-0.4, -0.2) is 20.1 Å². The summed E-state index contributed by atoms with van der Waals surface area (Å²) in [6, 6.07) is 5.61. The molecule has 1 saturated heterocycles. The maximum absolute atomic E-state index is 14.1. The van der Waals surface area contributed by atoms with Crippen LogP contribution in [0.4, 0.5) is 10.1 Å². The Morgan fingerprint density at radius 3 is 2.63 bits per heavy atom. The normalized spacial score (nSPS) is 16.9. The summed E-state index contributed by atoms with van der Waals surface area (Å²) in [5.41, 5.74) is 1.78. The molecular formula is C16H25FN2. The summed E-state index contributed by atoms with van der Waals surface area (Å²) in [6.45, 7) is 4.95. The molecule has 0 radical (unpaired) electrons. The van der Waals surface area contributed by atoms with Gasteiger partial charge in [-0.3, -0.25) is 0 Å². The average molecular weight is 264 g/mol. The minimum absolute atomic E-state index is 0.0818. The first-order valence-electron chi connectivity index (χ1n) is 7.42.